The molecule has 0 spiro atoms. The van der Waals surface area contributed by atoms with Crippen LogP contribution in [0.3, 0.4) is 0 Å². The van der Waals surface area contributed by atoms with Gasteiger partial charge in [0.2, 0.25) is 0 Å². The molecule has 0 aromatic rings. The summed E-state index contributed by atoms with van der Waals surface area (Å²) in [4.78, 5) is 21.2. The predicted octanol–water partition coefficient (Wildman–Crippen LogP) is 2.55. The largest absolute Gasteiger partial charge is 0.481 e. The molecule has 1 amide bonds. The molecule has 2 N–H and O–H groups in total. The van der Waals surface area contributed by atoms with Crippen LogP contribution in [0.25, 0.3) is 0 Å². The zero-order valence-corrected chi connectivity index (χ0v) is 10.5. The number of carboxylic acid groups (broad SMARTS) is 1. The molecule has 5 nitrogen and oxygen atoms in total. The fourth-order valence-corrected chi connectivity index (χ4v) is 1.37. The Morgan fingerprint density at radius 3 is 2.41 bits per heavy atom. The van der Waals surface area contributed by atoms with Crippen LogP contribution >= 0.6 is 0 Å². The lowest BCUT2D eigenvalue weighted by Crippen LogP contribution is -2.25. The van der Waals surface area contributed by atoms with Crippen molar-refractivity contribution in [2.24, 2.45) is 0 Å². The maximum Gasteiger partial charge on any atom is 0.407 e. The Bertz CT molecular complexity index is 219. The second-order valence-corrected chi connectivity index (χ2v) is 3.97. The van der Waals surface area contributed by atoms with E-state index in [0.29, 0.717) is 13.2 Å². The van der Waals surface area contributed by atoms with E-state index in [9.17, 15) is 9.59 Å². The molecule has 0 aromatic heterocycles. The molecule has 0 aromatic carbocycles. The highest BCUT2D eigenvalue weighted by atomic mass is 16.5. The third-order valence-electron chi connectivity index (χ3n) is 2.27. The maximum atomic E-state index is 11.0. The van der Waals surface area contributed by atoms with Gasteiger partial charge in [-0.2, -0.15) is 0 Å². The Morgan fingerprint density at radius 2 is 1.76 bits per heavy atom. The Labute approximate surface area is 103 Å². The number of nitrogens with one attached hydrogen (secondary N) is 1. The van der Waals surface area contributed by atoms with E-state index in [4.69, 9.17) is 9.84 Å². The molecule has 0 atom stereocenters. The van der Waals surface area contributed by atoms with E-state index in [1.807, 2.05) is 6.92 Å². The van der Waals surface area contributed by atoms with Gasteiger partial charge in [0.05, 0.1) is 6.61 Å². The van der Waals surface area contributed by atoms with Crippen LogP contribution in [0.2, 0.25) is 0 Å². The minimum Gasteiger partial charge on any atom is -0.481 e. The topological polar surface area (TPSA) is 75.6 Å². The number of hydrogen-bond donors (Lipinski definition) is 2. The summed E-state index contributed by atoms with van der Waals surface area (Å²) in [6.07, 6.45) is 5.34. The standard InChI is InChI=1S/C12H23NO4/c1-2-10-17-12(16)13-9-7-5-3-4-6-8-11(14)15/h2-10H2,1H3,(H,13,16)(H,14,15). The molecule has 0 saturated carbocycles. The van der Waals surface area contributed by atoms with Crippen molar-refractivity contribution in [2.45, 2.75) is 51.9 Å². The summed E-state index contributed by atoms with van der Waals surface area (Å²) in [5.41, 5.74) is 0. The van der Waals surface area contributed by atoms with Gasteiger partial charge in [-0.15, -0.1) is 0 Å². The van der Waals surface area contributed by atoms with E-state index < -0.39 is 5.97 Å². The van der Waals surface area contributed by atoms with Crippen LogP contribution in [-0.4, -0.2) is 30.3 Å². The van der Waals surface area contributed by atoms with Crippen LogP contribution in [0.1, 0.15) is 51.9 Å². The van der Waals surface area contributed by atoms with Crippen molar-refractivity contribution in [3.05, 3.63) is 0 Å². The van der Waals surface area contributed by atoms with Gasteiger partial charge in [-0.25, -0.2) is 4.79 Å². The van der Waals surface area contributed by atoms with Gasteiger partial charge in [0.25, 0.3) is 0 Å². The quantitative estimate of drug-likeness (QED) is 0.580. The first-order valence-electron chi connectivity index (χ1n) is 6.29. The monoisotopic (exact) mass is 245 g/mol. The SMILES string of the molecule is CCCOC(=O)NCCCCCCCC(=O)O. The molecule has 0 saturated heterocycles. The van der Waals surface area contributed by atoms with Gasteiger partial charge in [-0.3, -0.25) is 4.79 Å². The number of aliphatic carboxylic acids is 1. The fraction of sp³-hybridized carbons (Fsp3) is 0.833. The summed E-state index contributed by atoms with van der Waals surface area (Å²) >= 11 is 0. The average Bonchev–Trinajstić information content (AvgIpc) is 2.29. The number of rotatable bonds is 10. The second-order valence-electron chi connectivity index (χ2n) is 3.97. The fourth-order valence-electron chi connectivity index (χ4n) is 1.37. The van der Waals surface area contributed by atoms with Gasteiger partial charge in [0, 0.05) is 13.0 Å². The first-order valence-corrected chi connectivity index (χ1v) is 6.29. The van der Waals surface area contributed by atoms with Crippen LogP contribution < -0.4 is 5.32 Å². The molecule has 17 heavy (non-hydrogen) atoms. The molecule has 0 radical (unpaired) electrons. The van der Waals surface area contributed by atoms with Crippen molar-refractivity contribution in [2.75, 3.05) is 13.2 Å². The van der Waals surface area contributed by atoms with Crippen molar-refractivity contribution in [3.63, 3.8) is 0 Å². The Kier molecular flexibility index (Phi) is 10.4. The number of amides is 1. The van der Waals surface area contributed by atoms with Crippen molar-refractivity contribution >= 4 is 12.1 Å². The minimum absolute atomic E-state index is 0.252. The molecule has 0 fully saturated rings. The van der Waals surface area contributed by atoms with Gasteiger partial charge in [-0.1, -0.05) is 26.2 Å². The summed E-state index contributed by atoms with van der Waals surface area (Å²) in [6.45, 7) is 3.03. The summed E-state index contributed by atoms with van der Waals surface area (Å²) in [5.74, 6) is -0.731. The molecular formula is C12H23NO4. The number of hydrogen-bond acceptors (Lipinski definition) is 3. The smallest absolute Gasteiger partial charge is 0.407 e. The molecule has 0 aliphatic heterocycles. The molecule has 0 aliphatic rings. The van der Waals surface area contributed by atoms with Crippen LogP contribution in [0.4, 0.5) is 4.79 Å². The number of ether oxygens (including phenoxy) is 1. The number of carbonyl (C=O) groups excluding carboxylic acids is 1. The van der Waals surface area contributed by atoms with E-state index in [1.54, 1.807) is 0 Å². The number of unbranched alkanes of at least 4 members (excludes halogenated alkanes) is 4. The first-order chi connectivity index (χ1) is 8.16. The van der Waals surface area contributed by atoms with Crippen molar-refractivity contribution in [3.8, 4) is 0 Å². The van der Waals surface area contributed by atoms with Crippen molar-refractivity contribution in [1.82, 2.24) is 5.32 Å². The number of carboxylic acids is 1. The highest BCUT2D eigenvalue weighted by molar-refractivity contribution is 5.67. The molecule has 0 bridgehead atoms. The second kappa shape index (κ2) is 11.2. The van der Waals surface area contributed by atoms with Crippen molar-refractivity contribution in [1.29, 1.82) is 0 Å². The molecule has 100 valence electrons. The lowest BCUT2D eigenvalue weighted by atomic mass is 10.1. The number of alkyl carbamates (subject to hydrolysis) is 1. The lowest BCUT2D eigenvalue weighted by Gasteiger charge is -2.05. The molecule has 5 heteroatoms. The highest BCUT2D eigenvalue weighted by Gasteiger charge is 1.99. The van der Waals surface area contributed by atoms with Gasteiger partial charge >= 0.3 is 12.1 Å². The Hall–Kier alpha value is -1.26. The molecular weight excluding hydrogens is 222 g/mol. The lowest BCUT2D eigenvalue weighted by molar-refractivity contribution is -0.137. The molecule has 0 aliphatic carbocycles. The first kappa shape index (κ1) is 15.7. The van der Waals surface area contributed by atoms with Crippen LogP contribution in [0.5, 0.6) is 0 Å². The van der Waals surface area contributed by atoms with Crippen LogP contribution in [0, 0.1) is 0 Å². The zero-order chi connectivity index (χ0) is 12.9. The summed E-state index contributed by atoms with van der Waals surface area (Å²) in [7, 11) is 0. The molecule has 0 unspecified atom stereocenters. The van der Waals surface area contributed by atoms with Gasteiger partial charge in [-0.05, 0) is 19.3 Å². The van der Waals surface area contributed by atoms with Gasteiger partial charge < -0.3 is 15.2 Å². The average molecular weight is 245 g/mol. The summed E-state index contributed by atoms with van der Waals surface area (Å²) in [6, 6.07) is 0. The Morgan fingerprint density at radius 1 is 1.12 bits per heavy atom. The van der Waals surface area contributed by atoms with E-state index in [2.05, 4.69) is 5.32 Å². The molecule has 0 rings (SSSR count). The van der Waals surface area contributed by atoms with E-state index in [0.717, 1.165) is 38.5 Å². The van der Waals surface area contributed by atoms with E-state index in [1.165, 1.54) is 0 Å². The van der Waals surface area contributed by atoms with Gasteiger partial charge in [0.15, 0.2) is 0 Å². The normalized spacial score (nSPS) is 9.94. The van der Waals surface area contributed by atoms with E-state index in [-0.39, 0.29) is 12.5 Å². The molecule has 0 heterocycles. The predicted molar refractivity (Wildman–Crippen MR) is 65.0 cm³/mol. The minimum atomic E-state index is -0.731. The van der Waals surface area contributed by atoms with Crippen LogP contribution in [0.15, 0.2) is 0 Å². The van der Waals surface area contributed by atoms with Gasteiger partial charge in [0.1, 0.15) is 0 Å². The maximum absolute atomic E-state index is 11.0. The third-order valence-corrected chi connectivity index (χ3v) is 2.27. The number of carbonyl (C=O) groups is 2. The third kappa shape index (κ3) is 12.7. The summed E-state index contributed by atoms with van der Waals surface area (Å²) < 4.78 is 4.85. The Balaban J connectivity index is 3.12. The highest BCUT2D eigenvalue weighted by Crippen LogP contribution is 2.04. The zero-order valence-electron chi connectivity index (χ0n) is 10.5. The van der Waals surface area contributed by atoms with Crippen molar-refractivity contribution < 1.29 is 19.4 Å². The summed E-state index contributed by atoms with van der Waals surface area (Å²) in [5, 5.41) is 11.1. The van der Waals surface area contributed by atoms with E-state index >= 15 is 0 Å². The van der Waals surface area contributed by atoms with Crippen LogP contribution in [-0.2, 0) is 9.53 Å².